The normalized spacial score (nSPS) is 10.7. The van der Waals surface area contributed by atoms with Gasteiger partial charge in [0, 0.05) is 37.7 Å². The van der Waals surface area contributed by atoms with Crippen molar-refractivity contribution < 1.29 is 0 Å². The van der Waals surface area contributed by atoms with Crippen molar-refractivity contribution >= 4 is 5.95 Å². The monoisotopic (exact) mass is 309 g/mol. The molecule has 3 aromatic heterocycles. The molecule has 0 aromatic carbocycles. The Morgan fingerprint density at radius 3 is 2.74 bits per heavy atom. The standard InChI is InChI=1S/C16H19N7/c1-3-10-23-12-19-21-15(23)11-22(2)16-18-9-6-14(20-16)13-4-7-17-8-5-13/h4-9,12H,3,10-11H2,1-2H3. The number of rotatable bonds is 6. The van der Waals surface area contributed by atoms with Crippen LogP contribution in [0.25, 0.3) is 11.3 Å². The summed E-state index contributed by atoms with van der Waals surface area (Å²) in [5, 5.41) is 8.18. The maximum atomic E-state index is 4.63. The Hall–Kier alpha value is -2.83. The highest BCUT2D eigenvalue weighted by molar-refractivity contribution is 5.59. The third-order valence-corrected chi connectivity index (χ3v) is 3.50. The van der Waals surface area contributed by atoms with Crippen molar-refractivity contribution in [2.75, 3.05) is 11.9 Å². The van der Waals surface area contributed by atoms with Crippen LogP contribution in [0.15, 0.2) is 43.1 Å². The molecule has 0 aliphatic rings. The fraction of sp³-hybridized carbons (Fsp3) is 0.312. The zero-order chi connectivity index (χ0) is 16.1. The third kappa shape index (κ3) is 3.50. The molecule has 0 bridgehead atoms. The highest BCUT2D eigenvalue weighted by Gasteiger charge is 2.11. The maximum Gasteiger partial charge on any atom is 0.226 e. The summed E-state index contributed by atoms with van der Waals surface area (Å²) >= 11 is 0. The number of hydrogen-bond donors (Lipinski definition) is 0. The molecular weight excluding hydrogens is 290 g/mol. The molecular formula is C16H19N7. The van der Waals surface area contributed by atoms with Gasteiger partial charge in [0.1, 0.15) is 6.33 Å². The number of aromatic nitrogens is 6. The summed E-state index contributed by atoms with van der Waals surface area (Å²) in [5.74, 6) is 1.57. The van der Waals surface area contributed by atoms with Crippen molar-refractivity contribution in [3.63, 3.8) is 0 Å². The quantitative estimate of drug-likeness (QED) is 0.695. The summed E-state index contributed by atoms with van der Waals surface area (Å²) in [6.07, 6.45) is 8.09. The first kappa shape index (κ1) is 15.1. The molecule has 3 rings (SSSR count). The summed E-state index contributed by atoms with van der Waals surface area (Å²) in [5.41, 5.74) is 1.89. The lowest BCUT2D eigenvalue weighted by molar-refractivity contribution is 0.629. The third-order valence-electron chi connectivity index (χ3n) is 3.50. The number of aryl methyl sites for hydroxylation is 1. The van der Waals surface area contributed by atoms with Crippen molar-refractivity contribution in [1.82, 2.24) is 29.7 Å². The number of pyridine rings is 1. The minimum Gasteiger partial charge on any atom is -0.336 e. The van der Waals surface area contributed by atoms with E-state index in [1.807, 2.05) is 30.1 Å². The molecule has 0 N–H and O–H groups in total. The van der Waals surface area contributed by atoms with E-state index in [0.29, 0.717) is 12.5 Å². The predicted molar refractivity (Wildman–Crippen MR) is 87.7 cm³/mol. The van der Waals surface area contributed by atoms with Gasteiger partial charge in [-0.3, -0.25) is 4.98 Å². The topological polar surface area (TPSA) is 72.6 Å². The number of anilines is 1. The molecule has 0 fully saturated rings. The van der Waals surface area contributed by atoms with Gasteiger partial charge in [-0.2, -0.15) is 0 Å². The lowest BCUT2D eigenvalue weighted by Crippen LogP contribution is -2.22. The van der Waals surface area contributed by atoms with E-state index in [9.17, 15) is 0 Å². The second-order valence-corrected chi connectivity index (χ2v) is 5.27. The lowest BCUT2D eigenvalue weighted by atomic mass is 10.2. The van der Waals surface area contributed by atoms with Crippen molar-refractivity contribution in [2.24, 2.45) is 0 Å². The first-order valence-corrected chi connectivity index (χ1v) is 7.59. The van der Waals surface area contributed by atoms with Gasteiger partial charge in [0.25, 0.3) is 0 Å². The highest BCUT2D eigenvalue weighted by Crippen LogP contribution is 2.18. The van der Waals surface area contributed by atoms with Gasteiger partial charge in [-0.25, -0.2) is 9.97 Å². The smallest absolute Gasteiger partial charge is 0.226 e. The molecule has 0 atom stereocenters. The van der Waals surface area contributed by atoms with E-state index in [0.717, 1.165) is 30.0 Å². The first-order chi connectivity index (χ1) is 11.3. The van der Waals surface area contributed by atoms with Crippen LogP contribution >= 0.6 is 0 Å². The Bertz CT molecular complexity index is 754. The highest BCUT2D eigenvalue weighted by atomic mass is 15.3. The second-order valence-electron chi connectivity index (χ2n) is 5.27. The van der Waals surface area contributed by atoms with Crippen LogP contribution in [0.1, 0.15) is 19.2 Å². The molecule has 0 amide bonds. The molecule has 7 heteroatoms. The molecule has 0 saturated heterocycles. The summed E-state index contributed by atoms with van der Waals surface area (Å²) < 4.78 is 2.06. The van der Waals surface area contributed by atoms with E-state index in [1.54, 1.807) is 24.9 Å². The van der Waals surface area contributed by atoms with Crippen molar-refractivity contribution in [3.8, 4) is 11.3 Å². The Morgan fingerprint density at radius 2 is 1.96 bits per heavy atom. The molecule has 3 aromatic rings. The van der Waals surface area contributed by atoms with Crippen LogP contribution in [0, 0.1) is 0 Å². The van der Waals surface area contributed by atoms with Gasteiger partial charge in [0.2, 0.25) is 5.95 Å². The Balaban J connectivity index is 1.80. The van der Waals surface area contributed by atoms with E-state index in [-0.39, 0.29) is 0 Å². The van der Waals surface area contributed by atoms with Crippen LogP contribution in [0.3, 0.4) is 0 Å². The molecule has 0 aliphatic heterocycles. The van der Waals surface area contributed by atoms with Crippen molar-refractivity contribution in [2.45, 2.75) is 26.4 Å². The second kappa shape index (κ2) is 6.95. The molecule has 0 radical (unpaired) electrons. The van der Waals surface area contributed by atoms with Gasteiger partial charge in [-0.05, 0) is 24.6 Å². The van der Waals surface area contributed by atoms with Crippen molar-refractivity contribution in [1.29, 1.82) is 0 Å². The molecule has 0 unspecified atom stereocenters. The van der Waals surface area contributed by atoms with Gasteiger partial charge in [0.15, 0.2) is 5.82 Å². The fourth-order valence-corrected chi connectivity index (χ4v) is 2.33. The van der Waals surface area contributed by atoms with E-state index >= 15 is 0 Å². The molecule has 7 nitrogen and oxygen atoms in total. The molecule has 23 heavy (non-hydrogen) atoms. The SMILES string of the molecule is CCCn1cnnc1CN(C)c1nccc(-c2ccncc2)n1. The maximum absolute atomic E-state index is 4.63. The Morgan fingerprint density at radius 1 is 1.13 bits per heavy atom. The van der Waals surface area contributed by atoms with Gasteiger partial charge in [-0.1, -0.05) is 6.92 Å². The average molecular weight is 309 g/mol. The summed E-state index contributed by atoms with van der Waals surface area (Å²) in [4.78, 5) is 15.0. The first-order valence-electron chi connectivity index (χ1n) is 7.59. The van der Waals surface area contributed by atoms with Crippen LogP contribution in [0.5, 0.6) is 0 Å². The lowest BCUT2D eigenvalue weighted by Gasteiger charge is -2.17. The summed E-state index contributed by atoms with van der Waals surface area (Å²) in [6, 6.07) is 5.76. The van der Waals surface area contributed by atoms with Gasteiger partial charge in [-0.15, -0.1) is 10.2 Å². The van der Waals surface area contributed by atoms with E-state index in [2.05, 4.69) is 36.6 Å². The van der Waals surface area contributed by atoms with Crippen LogP contribution in [-0.2, 0) is 13.1 Å². The predicted octanol–water partition coefficient (Wildman–Crippen LogP) is 2.18. The van der Waals surface area contributed by atoms with Crippen LogP contribution < -0.4 is 4.90 Å². The van der Waals surface area contributed by atoms with Gasteiger partial charge in [0.05, 0.1) is 12.2 Å². The van der Waals surface area contributed by atoms with Crippen molar-refractivity contribution in [3.05, 3.63) is 48.9 Å². The average Bonchev–Trinajstić information content (AvgIpc) is 3.03. The van der Waals surface area contributed by atoms with E-state index in [4.69, 9.17) is 0 Å². The van der Waals surface area contributed by atoms with Crippen LogP contribution in [-0.4, -0.2) is 36.8 Å². The Kier molecular flexibility index (Phi) is 4.56. The number of hydrogen-bond acceptors (Lipinski definition) is 6. The van der Waals surface area contributed by atoms with Crippen LogP contribution in [0.2, 0.25) is 0 Å². The molecule has 0 spiro atoms. The molecule has 0 aliphatic carbocycles. The summed E-state index contributed by atoms with van der Waals surface area (Å²) in [6.45, 7) is 3.66. The summed E-state index contributed by atoms with van der Waals surface area (Å²) in [7, 11) is 1.95. The zero-order valence-corrected chi connectivity index (χ0v) is 13.3. The van der Waals surface area contributed by atoms with Crippen LogP contribution in [0.4, 0.5) is 5.95 Å². The van der Waals surface area contributed by atoms with Gasteiger partial charge < -0.3 is 9.47 Å². The fourth-order valence-electron chi connectivity index (χ4n) is 2.33. The zero-order valence-electron chi connectivity index (χ0n) is 13.3. The van der Waals surface area contributed by atoms with E-state index in [1.165, 1.54) is 0 Å². The molecule has 0 saturated carbocycles. The largest absolute Gasteiger partial charge is 0.336 e. The molecule has 118 valence electrons. The number of nitrogens with zero attached hydrogens (tertiary/aromatic N) is 7. The Labute approximate surface area is 135 Å². The minimum atomic E-state index is 0.611. The van der Waals surface area contributed by atoms with E-state index < -0.39 is 0 Å². The van der Waals surface area contributed by atoms with Gasteiger partial charge >= 0.3 is 0 Å². The minimum absolute atomic E-state index is 0.611. The molecule has 3 heterocycles.